The van der Waals surface area contributed by atoms with E-state index >= 15 is 4.39 Å². The fourth-order valence-corrected chi connectivity index (χ4v) is 4.14. The first kappa shape index (κ1) is 25.6. The summed E-state index contributed by atoms with van der Waals surface area (Å²) in [5.74, 6) is 4.05. The number of hydrogen-bond acceptors (Lipinski definition) is 3. The summed E-state index contributed by atoms with van der Waals surface area (Å²) >= 11 is 6.43. The van der Waals surface area contributed by atoms with Crippen LogP contribution in [-0.4, -0.2) is 56.2 Å². The van der Waals surface area contributed by atoms with Crippen molar-refractivity contribution < 1.29 is 18.6 Å². The molecule has 0 aliphatic carbocycles. The molecule has 0 saturated carbocycles. The highest BCUT2D eigenvalue weighted by Gasteiger charge is 2.22. The van der Waals surface area contributed by atoms with Gasteiger partial charge in [-0.2, -0.15) is 5.10 Å². The van der Waals surface area contributed by atoms with E-state index in [0.29, 0.717) is 29.7 Å². The number of halogens is 3. The van der Waals surface area contributed by atoms with E-state index in [1.54, 1.807) is 21.6 Å². The van der Waals surface area contributed by atoms with Gasteiger partial charge in [0.2, 0.25) is 0 Å². The molecule has 0 atom stereocenters. The molecular weight excluding hydrogens is 468 g/mol. The van der Waals surface area contributed by atoms with Crippen LogP contribution in [0.3, 0.4) is 0 Å². The third-order valence-corrected chi connectivity index (χ3v) is 6.63. The molecule has 0 radical (unpaired) electrons. The average molecular weight is 498 g/mol. The van der Waals surface area contributed by atoms with E-state index < -0.39 is 27.3 Å². The van der Waals surface area contributed by atoms with Gasteiger partial charge in [0.05, 0.1) is 17.7 Å². The summed E-state index contributed by atoms with van der Waals surface area (Å²) in [4.78, 5) is 0. The standard InChI is InChI=1S/C24H30ClF2N3O2S/c1-7-29-13-18(19-14-30(28-23(19)25)15-32-10-11-33(4,5)6)17-12-16(8-9-24(2,3)31)20(26)21(27)22(17)29/h12-14,31H,7,10-11,15H2,1-6H3. The topological polar surface area (TPSA) is 52.2 Å². The minimum atomic E-state index is -1.34. The number of benzene rings is 1. The zero-order valence-electron chi connectivity index (χ0n) is 19.8. The summed E-state index contributed by atoms with van der Waals surface area (Å²) in [6, 6.07) is 1.49. The Hall–Kier alpha value is -2.05. The molecule has 0 aliphatic heterocycles. The van der Waals surface area contributed by atoms with Crippen LogP contribution < -0.4 is 0 Å². The average Bonchev–Trinajstić information content (AvgIpc) is 3.25. The van der Waals surface area contributed by atoms with E-state index in [0.717, 1.165) is 5.75 Å². The molecule has 3 aromatic rings. The predicted molar refractivity (Wildman–Crippen MR) is 133 cm³/mol. The fraction of sp³-hybridized carbons (Fsp3) is 0.458. The van der Waals surface area contributed by atoms with Gasteiger partial charge in [0, 0.05) is 41.2 Å². The first-order chi connectivity index (χ1) is 15.3. The number of ether oxygens (including phenoxy) is 1. The predicted octanol–water partition coefficient (Wildman–Crippen LogP) is 5.25. The first-order valence-electron chi connectivity index (χ1n) is 10.5. The number of fused-ring (bicyclic) bond motifs is 1. The van der Waals surface area contributed by atoms with Crippen LogP contribution in [0.2, 0.25) is 5.15 Å². The van der Waals surface area contributed by atoms with E-state index in [4.69, 9.17) is 16.3 Å². The molecule has 0 saturated heterocycles. The number of rotatable bonds is 7. The smallest absolute Gasteiger partial charge is 0.184 e. The van der Waals surface area contributed by atoms with Crippen molar-refractivity contribution in [3.63, 3.8) is 0 Å². The Kier molecular flexibility index (Phi) is 7.49. The fourth-order valence-electron chi connectivity index (χ4n) is 3.28. The summed E-state index contributed by atoms with van der Waals surface area (Å²) < 4.78 is 38.8. The van der Waals surface area contributed by atoms with Crippen molar-refractivity contribution in [2.75, 3.05) is 31.1 Å². The Morgan fingerprint density at radius 2 is 1.88 bits per heavy atom. The van der Waals surface area contributed by atoms with Gasteiger partial charge in [-0.05, 0) is 45.6 Å². The molecule has 0 spiro atoms. The molecule has 0 aliphatic rings. The Morgan fingerprint density at radius 3 is 2.48 bits per heavy atom. The van der Waals surface area contributed by atoms with Crippen LogP contribution in [0.4, 0.5) is 8.78 Å². The van der Waals surface area contributed by atoms with Gasteiger partial charge in [-0.1, -0.05) is 23.4 Å². The van der Waals surface area contributed by atoms with Crippen molar-refractivity contribution in [2.24, 2.45) is 0 Å². The van der Waals surface area contributed by atoms with Crippen LogP contribution >= 0.6 is 21.6 Å². The molecule has 3 rings (SSSR count). The van der Waals surface area contributed by atoms with Crippen LogP contribution in [0.15, 0.2) is 18.5 Å². The molecular formula is C24H30ClF2N3O2S. The van der Waals surface area contributed by atoms with Crippen molar-refractivity contribution in [1.29, 1.82) is 0 Å². The largest absolute Gasteiger partial charge is 0.378 e. The molecule has 5 nitrogen and oxygen atoms in total. The third kappa shape index (κ3) is 6.10. The van der Waals surface area contributed by atoms with Crippen LogP contribution in [0, 0.1) is 23.5 Å². The van der Waals surface area contributed by atoms with Crippen molar-refractivity contribution in [2.45, 2.75) is 39.6 Å². The second kappa shape index (κ2) is 9.67. The Bertz CT molecular complexity index is 1230. The van der Waals surface area contributed by atoms with Gasteiger partial charge in [-0.15, -0.1) is 0 Å². The van der Waals surface area contributed by atoms with Crippen LogP contribution in [0.1, 0.15) is 26.3 Å². The molecule has 1 aromatic carbocycles. The number of aryl methyl sites for hydroxylation is 1. The second-order valence-electron chi connectivity index (χ2n) is 9.29. The Labute approximate surface area is 200 Å². The summed E-state index contributed by atoms with van der Waals surface area (Å²) in [5, 5.41) is 14.9. The summed E-state index contributed by atoms with van der Waals surface area (Å²) in [6.07, 6.45) is 10.2. The van der Waals surface area contributed by atoms with E-state index in [2.05, 4.69) is 35.7 Å². The van der Waals surface area contributed by atoms with Gasteiger partial charge < -0.3 is 14.4 Å². The highest BCUT2D eigenvalue weighted by atomic mass is 35.5. The number of nitrogens with zero attached hydrogens (tertiary/aromatic N) is 3. The molecule has 0 bridgehead atoms. The number of aliphatic hydroxyl groups is 1. The van der Waals surface area contributed by atoms with Gasteiger partial charge in [0.15, 0.2) is 16.8 Å². The molecule has 33 heavy (non-hydrogen) atoms. The minimum Gasteiger partial charge on any atom is -0.378 e. The molecule has 0 unspecified atom stereocenters. The third-order valence-electron chi connectivity index (χ3n) is 4.96. The maximum atomic E-state index is 15.1. The van der Waals surface area contributed by atoms with E-state index in [1.165, 1.54) is 19.9 Å². The van der Waals surface area contributed by atoms with Crippen molar-refractivity contribution >= 4 is 32.5 Å². The molecule has 180 valence electrons. The van der Waals surface area contributed by atoms with Gasteiger partial charge in [0.25, 0.3) is 0 Å². The van der Waals surface area contributed by atoms with E-state index in [-0.39, 0.29) is 23.0 Å². The zero-order chi connectivity index (χ0) is 24.6. The Morgan fingerprint density at radius 1 is 1.18 bits per heavy atom. The van der Waals surface area contributed by atoms with Gasteiger partial charge >= 0.3 is 0 Å². The number of aromatic nitrogens is 3. The normalized spacial score (nSPS) is 12.8. The maximum absolute atomic E-state index is 15.1. The summed E-state index contributed by atoms with van der Waals surface area (Å²) in [7, 11) is -0.651. The quantitative estimate of drug-likeness (QED) is 0.358. The lowest BCUT2D eigenvalue weighted by atomic mass is 10.0. The van der Waals surface area contributed by atoms with Gasteiger partial charge in [-0.25, -0.2) is 23.5 Å². The lowest BCUT2D eigenvalue weighted by Gasteiger charge is -2.24. The van der Waals surface area contributed by atoms with E-state index in [1.807, 2.05) is 6.92 Å². The lowest BCUT2D eigenvalue weighted by molar-refractivity contribution is 0.0810. The van der Waals surface area contributed by atoms with Crippen molar-refractivity contribution in [3.8, 4) is 23.0 Å². The SMILES string of the molecule is CCn1cc(-c2cn(COCCS(C)(C)C)nc2Cl)c2cc(C#CC(C)(C)O)c(F)c(F)c21. The van der Waals surface area contributed by atoms with Crippen LogP contribution in [-0.2, 0) is 18.0 Å². The summed E-state index contributed by atoms with van der Waals surface area (Å²) in [5.41, 5.74) is -0.130. The van der Waals surface area contributed by atoms with Crippen molar-refractivity contribution in [3.05, 3.63) is 40.8 Å². The molecule has 0 amide bonds. The molecule has 2 aromatic heterocycles. The first-order valence-corrected chi connectivity index (χ1v) is 13.9. The van der Waals surface area contributed by atoms with Gasteiger partial charge in [0.1, 0.15) is 12.3 Å². The highest BCUT2D eigenvalue weighted by molar-refractivity contribution is 8.32. The second-order valence-corrected chi connectivity index (χ2v) is 14.2. The monoisotopic (exact) mass is 497 g/mol. The maximum Gasteiger partial charge on any atom is 0.184 e. The molecule has 2 heterocycles. The van der Waals surface area contributed by atoms with Gasteiger partial charge in [-0.3, -0.25) is 0 Å². The van der Waals surface area contributed by atoms with Crippen molar-refractivity contribution in [1.82, 2.24) is 14.3 Å². The van der Waals surface area contributed by atoms with Crippen LogP contribution in [0.5, 0.6) is 0 Å². The minimum absolute atomic E-state index is 0.131. The van der Waals surface area contributed by atoms with Crippen LogP contribution in [0.25, 0.3) is 22.0 Å². The molecule has 9 heteroatoms. The zero-order valence-corrected chi connectivity index (χ0v) is 21.4. The summed E-state index contributed by atoms with van der Waals surface area (Å²) in [6.45, 7) is 6.10. The lowest BCUT2D eigenvalue weighted by Crippen LogP contribution is -2.14. The highest BCUT2D eigenvalue weighted by Crippen LogP contribution is 2.37. The molecule has 1 N–H and O–H groups in total. The molecule has 0 fully saturated rings. The number of hydrogen-bond donors (Lipinski definition) is 1. The Balaban J connectivity index is 2.03. The van der Waals surface area contributed by atoms with E-state index in [9.17, 15) is 9.50 Å².